The van der Waals surface area contributed by atoms with Gasteiger partial charge in [0.25, 0.3) is 0 Å². The molecule has 0 unspecified atom stereocenters. The van der Waals surface area contributed by atoms with Crippen LogP contribution in [0.1, 0.15) is 45.7 Å². The molecule has 0 fully saturated rings. The number of hydrogen-bond acceptors (Lipinski definition) is 4. The fourth-order valence-corrected chi connectivity index (χ4v) is 2.29. The van der Waals surface area contributed by atoms with E-state index in [9.17, 15) is 18.0 Å². The zero-order chi connectivity index (χ0) is 19.4. The van der Waals surface area contributed by atoms with Crippen LogP contribution in [0, 0.1) is 17.2 Å². The van der Waals surface area contributed by atoms with Crippen LogP contribution in [0.15, 0.2) is 18.2 Å². The highest BCUT2D eigenvalue weighted by atomic mass is 19.4. The Morgan fingerprint density at radius 3 is 2.32 bits per heavy atom. The number of benzene rings is 1. The Kier molecular flexibility index (Phi) is 6.47. The van der Waals surface area contributed by atoms with Gasteiger partial charge >= 0.3 is 12.1 Å². The third kappa shape index (κ3) is 6.65. The monoisotopic (exact) mass is 356 g/mol. The van der Waals surface area contributed by atoms with Crippen molar-refractivity contribution in [3.63, 3.8) is 0 Å². The minimum absolute atomic E-state index is 0.118. The summed E-state index contributed by atoms with van der Waals surface area (Å²) in [6.07, 6.45) is -4.64. The summed E-state index contributed by atoms with van der Waals surface area (Å²) in [6.45, 7) is 9.18. The number of anilines is 1. The lowest BCUT2D eigenvalue weighted by molar-refractivity contribution is -0.153. The third-order valence-corrected chi connectivity index (χ3v) is 3.12. The average Bonchev–Trinajstić information content (AvgIpc) is 2.42. The topological polar surface area (TPSA) is 53.3 Å². The lowest BCUT2D eigenvalue weighted by atomic mass is 10.1. The van der Waals surface area contributed by atoms with Gasteiger partial charge in [-0.05, 0) is 44.9 Å². The molecule has 0 spiro atoms. The summed E-state index contributed by atoms with van der Waals surface area (Å²) in [5, 5.41) is 8.89. The van der Waals surface area contributed by atoms with Crippen LogP contribution in [0.4, 0.5) is 18.9 Å². The molecule has 0 amide bonds. The molecule has 0 heterocycles. The molecule has 0 N–H and O–H groups in total. The summed E-state index contributed by atoms with van der Waals surface area (Å²) in [7, 11) is 0. The Hall–Kier alpha value is -2.23. The van der Waals surface area contributed by atoms with Gasteiger partial charge in [0, 0.05) is 12.2 Å². The third-order valence-electron chi connectivity index (χ3n) is 3.12. The highest BCUT2D eigenvalue weighted by Gasteiger charge is 2.34. The first kappa shape index (κ1) is 20.8. The molecule has 25 heavy (non-hydrogen) atoms. The number of carbonyl (C=O) groups excluding carboxylic acids is 1. The van der Waals surface area contributed by atoms with Crippen LogP contribution in [-0.2, 0) is 15.7 Å². The van der Waals surface area contributed by atoms with E-state index >= 15 is 0 Å². The molecule has 7 heteroatoms. The van der Waals surface area contributed by atoms with Crippen LogP contribution in [0.25, 0.3) is 0 Å². The lowest BCUT2D eigenvalue weighted by Crippen LogP contribution is -2.37. The Morgan fingerprint density at radius 1 is 1.28 bits per heavy atom. The van der Waals surface area contributed by atoms with Gasteiger partial charge in [0.15, 0.2) is 0 Å². The van der Waals surface area contributed by atoms with E-state index in [4.69, 9.17) is 10.00 Å². The van der Waals surface area contributed by atoms with Gasteiger partial charge in [-0.1, -0.05) is 13.8 Å². The first-order valence-electron chi connectivity index (χ1n) is 7.91. The fraction of sp³-hybridized carbons (Fsp3) is 0.556. The molecule has 4 nitrogen and oxygen atoms in total. The van der Waals surface area contributed by atoms with E-state index in [1.54, 1.807) is 26.8 Å². The number of rotatable bonds is 5. The number of nitrogens with zero attached hydrogens (tertiary/aromatic N) is 2. The normalized spacial score (nSPS) is 12.0. The number of halogens is 3. The van der Waals surface area contributed by atoms with Gasteiger partial charge in [0.05, 0.1) is 17.2 Å². The Balaban J connectivity index is 3.19. The summed E-state index contributed by atoms with van der Waals surface area (Å²) >= 11 is 0. The van der Waals surface area contributed by atoms with Gasteiger partial charge in [0.2, 0.25) is 0 Å². The summed E-state index contributed by atoms with van der Waals surface area (Å²) < 4.78 is 44.8. The van der Waals surface area contributed by atoms with Gasteiger partial charge in [0.1, 0.15) is 12.1 Å². The molecule has 0 bridgehead atoms. The highest BCUT2D eigenvalue weighted by molar-refractivity contribution is 5.76. The number of carbonyl (C=O) groups is 1. The van der Waals surface area contributed by atoms with Crippen molar-refractivity contribution in [3.8, 4) is 6.07 Å². The van der Waals surface area contributed by atoms with E-state index in [2.05, 4.69) is 0 Å². The largest absolute Gasteiger partial charge is 0.459 e. The number of ether oxygens (including phenoxy) is 1. The second-order valence-electron chi connectivity index (χ2n) is 7.20. The molecular weight excluding hydrogens is 333 g/mol. The maximum Gasteiger partial charge on any atom is 0.417 e. The molecular formula is C18H23F3N2O2. The molecule has 0 aliphatic rings. The summed E-state index contributed by atoms with van der Waals surface area (Å²) in [4.78, 5) is 13.6. The van der Waals surface area contributed by atoms with Crippen molar-refractivity contribution in [3.05, 3.63) is 29.3 Å². The number of hydrogen-bond donors (Lipinski definition) is 0. The second-order valence-corrected chi connectivity index (χ2v) is 7.20. The van der Waals surface area contributed by atoms with Crippen LogP contribution in [0.2, 0.25) is 0 Å². The fourth-order valence-electron chi connectivity index (χ4n) is 2.29. The molecule has 0 atom stereocenters. The van der Waals surface area contributed by atoms with Crippen molar-refractivity contribution >= 4 is 11.7 Å². The highest BCUT2D eigenvalue weighted by Crippen LogP contribution is 2.34. The Bertz CT molecular complexity index is 656. The first-order valence-corrected chi connectivity index (χ1v) is 7.91. The van der Waals surface area contributed by atoms with E-state index < -0.39 is 28.9 Å². The standard InChI is InChI=1S/C18H23F3N2O2/c1-12(2)10-23(11-16(24)25-17(3,4)5)14-7-6-13(9-22)15(8-14)18(19,20)21/h6-8,12H,10-11H2,1-5H3. The predicted molar refractivity (Wildman–Crippen MR) is 89.1 cm³/mol. The molecule has 0 aliphatic carbocycles. The molecule has 0 saturated heterocycles. The van der Waals surface area contributed by atoms with E-state index in [0.717, 1.165) is 12.1 Å². The SMILES string of the molecule is CC(C)CN(CC(=O)OC(C)(C)C)c1ccc(C#N)c(C(F)(F)F)c1. The lowest BCUT2D eigenvalue weighted by Gasteiger charge is -2.28. The molecule has 1 aromatic carbocycles. The average molecular weight is 356 g/mol. The second kappa shape index (κ2) is 7.77. The van der Waals surface area contributed by atoms with Gasteiger partial charge in [-0.2, -0.15) is 18.4 Å². The van der Waals surface area contributed by atoms with Gasteiger partial charge in [-0.15, -0.1) is 0 Å². The molecule has 1 rings (SSSR count). The molecule has 0 aliphatic heterocycles. The van der Waals surface area contributed by atoms with Crippen molar-refractivity contribution in [2.45, 2.75) is 46.4 Å². The van der Waals surface area contributed by atoms with Crippen molar-refractivity contribution < 1.29 is 22.7 Å². The Labute approximate surface area is 146 Å². The van der Waals surface area contributed by atoms with Crippen molar-refractivity contribution in [1.82, 2.24) is 0 Å². The van der Waals surface area contributed by atoms with Gasteiger partial charge in [-0.3, -0.25) is 4.79 Å². The van der Waals surface area contributed by atoms with Crippen LogP contribution < -0.4 is 4.90 Å². The zero-order valence-electron chi connectivity index (χ0n) is 15.1. The number of nitriles is 1. The van der Waals surface area contributed by atoms with E-state index in [1.807, 2.05) is 13.8 Å². The summed E-state index contributed by atoms with van der Waals surface area (Å²) in [5.41, 5.74) is -1.91. The van der Waals surface area contributed by atoms with E-state index in [-0.39, 0.29) is 18.2 Å². The Morgan fingerprint density at radius 2 is 1.88 bits per heavy atom. The predicted octanol–water partition coefficient (Wildman–Crippen LogP) is 4.38. The quantitative estimate of drug-likeness (QED) is 0.735. The van der Waals surface area contributed by atoms with Crippen LogP contribution in [0.5, 0.6) is 0 Å². The van der Waals surface area contributed by atoms with E-state index in [1.165, 1.54) is 11.0 Å². The molecule has 0 radical (unpaired) electrons. The zero-order valence-corrected chi connectivity index (χ0v) is 15.1. The minimum Gasteiger partial charge on any atom is -0.459 e. The molecule has 1 aromatic rings. The van der Waals surface area contributed by atoms with Crippen molar-refractivity contribution in [1.29, 1.82) is 5.26 Å². The first-order chi connectivity index (χ1) is 11.3. The molecule has 0 aromatic heterocycles. The van der Waals surface area contributed by atoms with Crippen molar-refractivity contribution in [2.24, 2.45) is 5.92 Å². The summed E-state index contributed by atoms with van der Waals surface area (Å²) in [6, 6.07) is 5.00. The molecule has 0 saturated carbocycles. The van der Waals surface area contributed by atoms with Crippen LogP contribution in [0.3, 0.4) is 0 Å². The number of esters is 1. The smallest absolute Gasteiger partial charge is 0.417 e. The maximum absolute atomic E-state index is 13.2. The van der Waals surface area contributed by atoms with E-state index in [0.29, 0.717) is 6.54 Å². The maximum atomic E-state index is 13.2. The van der Waals surface area contributed by atoms with Gasteiger partial charge in [-0.25, -0.2) is 0 Å². The van der Waals surface area contributed by atoms with Crippen LogP contribution in [-0.4, -0.2) is 24.7 Å². The van der Waals surface area contributed by atoms with Gasteiger partial charge < -0.3 is 9.64 Å². The molecule has 138 valence electrons. The van der Waals surface area contributed by atoms with Crippen LogP contribution >= 0.6 is 0 Å². The van der Waals surface area contributed by atoms with Crippen molar-refractivity contribution in [2.75, 3.05) is 18.0 Å². The summed E-state index contributed by atoms with van der Waals surface area (Å²) in [5.74, 6) is -0.404. The minimum atomic E-state index is -4.64. The number of alkyl halides is 3.